The summed E-state index contributed by atoms with van der Waals surface area (Å²) in [5.41, 5.74) is 14.0. The molecule has 49 heavy (non-hydrogen) atoms. The van der Waals surface area contributed by atoms with E-state index in [2.05, 4.69) is 185 Å². The Morgan fingerprint density at radius 3 is 1.80 bits per heavy atom. The molecule has 0 amide bonds. The van der Waals surface area contributed by atoms with Crippen LogP contribution in [0.5, 0.6) is 0 Å². The highest BCUT2D eigenvalue weighted by atomic mass is 15.0. The Kier molecular flexibility index (Phi) is 5.47. The molecule has 2 nitrogen and oxygen atoms in total. The molecule has 0 bridgehead atoms. The Labute approximate surface area is 283 Å². The van der Waals surface area contributed by atoms with Gasteiger partial charge in [0.25, 0.3) is 0 Å². The first kappa shape index (κ1) is 26.7. The second-order valence-corrected chi connectivity index (χ2v) is 13.3. The molecule has 0 N–H and O–H groups in total. The standard InChI is InChI=1S/C47H30N2/c1-2-15-32(16-3-1)48-43-26-25-30-13-4-5-18-34(30)47(43)41-28-40-37-21-10-11-24-42(37)49(44(40)29-45(41)48)33-17-12-14-31(27-33)46-38-22-8-6-19-35(38)36-20-7-9-23-39(36)46/h1-29,46H. The lowest BCUT2D eigenvalue weighted by molar-refractivity contribution is 1.01. The SMILES string of the molecule is c1ccc(-n2c3cc4c(cc3c3c5ccccc5ccc32)c2ccccc2n4-c2cccc(C3c4ccccc4-c4ccccc43)c2)cc1. The summed E-state index contributed by atoms with van der Waals surface area (Å²) in [5.74, 6) is 0.195. The van der Waals surface area contributed by atoms with Crippen molar-refractivity contribution in [2.45, 2.75) is 5.92 Å². The van der Waals surface area contributed by atoms with E-state index in [0.717, 1.165) is 0 Å². The fourth-order valence-corrected chi connectivity index (χ4v) is 8.74. The van der Waals surface area contributed by atoms with E-state index >= 15 is 0 Å². The molecule has 0 saturated heterocycles. The predicted octanol–water partition coefficient (Wildman–Crippen LogP) is 12.2. The average molecular weight is 623 g/mol. The third kappa shape index (κ3) is 3.71. The zero-order valence-corrected chi connectivity index (χ0v) is 26.7. The summed E-state index contributed by atoms with van der Waals surface area (Å²) in [7, 11) is 0. The van der Waals surface area contributed by atoms with E-state index in [4.69, 9.17) is 0 Å². The second kappa shape index (κ2) is 10.1. The van der Waals surface area contributed by atoms with Gasteiger partial charge in [-0.05, 0) is 87.1 Å². The van der Waals surface area contributed by atoms with Crippen LogP contribution in [0.1, 0.15) is 22.6 Å². The maximum absolute atomic E-state index is 2.48. The minimum atomic E-state index is 0.195. The third-order valence-corrected chi connectivity index (χ3v) is 10.8. The number of rotatable bonds is 3. The lowest BCUT2D eigenvalue weighted by atomic mass is 9.89. The van der Waals surface area contributed by atoms with Gasteiger partial charge in [-0.15, -0.1) is 0 Å². The van der Waals surface area contributed by atoms with E-state index in [1.54, 1.807) is 0 Å². The molecule has 0 aliphatic heterocycles. The molecule has 8 aromatic carbocycles. The molecule has 0 spiro atoms. The van der Waals surface area contributed by atoms with Crippen LogP contribution in [-0.4, -0.2) is 9.13 Å². The van der Waals surface area contributed by atoms with Crippen LogP contribution in [0.3, 0.4) is 0 Å². The van der Waals surface area contributed by atoms with Gasteiger partial charge in [-0.25, -0.2) is 0 Å². The van der Waals surface area contributed by atoms with Crippen LogP contribution in [0, 0.1) is 0 Å². The Morgan fingerprint density at radius 2 is 0.980 bits per heavy atom. The maximum Gasteiger partial charge on any atom is 0.0562 e. The van der Waals surface area contributed by atoms with Gasteiger partial charge in [0.2, 0.25) is 0 Å². The lowest BCUT2D eigenvalue weighted by Crippen LogP contribution is -2.01. The van der Waals surface area contributed by atoms with Crippen molar-refractivity contribution in [1.29, 1.82) is 0 Å². The first-order valence-corrected chi connectivity index (χ1v) is 17.1. The first-order chi connectivity index (χ1) is 24.3. The van der Waals surface area contributed by atoms with Gasteiger partial charge in [-0.3, -0.25) is 0 Å². The van der Waals surface area contributed by atoms with Crippen molar-refractivity contribution in [2.75, 3.05) is 0 Å². The molecule has 228 valence electrons. The number of para-hydroxylation sites is 2. The van der Waals surface area contributed by atoms with Crippen LogP contribution < -0.4 is 0 Å². The fourth-order valence-electron chi connectivity index (χ4n) is 8.74. The van der Waals surface area contributed by atoms with Crippen LogP contribution in [-0.2, 0) is 0 Å². The molecule has 0 unspecified atom stereocenters. The molecule has 0 fully saturated rings. The number of hydrogen-bond donors (Lipinski definition) is 0. The lowest BCUT2D eigenvalue weighted by Gasteiger charge is -2.17. The Bertz CT molecular complexity index is 2900. The van der Waals surface area contributed by atoms with E-state index in [0.29, 0.717) is 0 Å². The largest absolute Gasteiger partial charge is 0.309 e. The monoisotopic (exact) mass is 622 g/mol. The minimum Gasteiger partial charge on any atom is -0.309 e. The molecule has 1 aliphatic rings. The van der Waals surface area contributed by atoms with Gasteiger partial charge in [-0.2, -0.15) is 0 Å². The smallest absolute Gasteiger partial charge is 0.0562 e. The van der Waals surface area contributed by atoms with Crippen LogP contribution in [0.4, 0.5) is 0 Å². The quantitative estimate of drug-likeness (QED) is 0.186. The van der Waals surface area contributed by atoms with Gasteiger partial charge >= 0.3 is 0 Å². The van der Waals surface area contributed by atoms with Crippen molar-refractivity contribution in [1.82, 2.24) is 9.13 Å². The minimum absolute atomic E-state index is 0.195. The van der Waals surface area contributed by atoms with Crippen LogP contribution in [0.2, 0.25) is 0 Å². The van der Waals surface area contributed by atoms with Crippen molar-refractivity contribution in [3.63, 3.8) is 0 Å². The highest BCUT2D eigenvalue weighted by molar-refractivity contribution is 6.25. The van der Waals surface area contributed by atoms with Gasteiger partial charge < -0.3 is 9.13 Å². The summed E-state index contributed by atoms with van der Waals surface area (Å²) >= 11 is 0. The van der Waals surface area contributed by atoms with Crippen molar-refractivity contribution < 1.29 is 0 Å². The van der Waals surface area contributed by atoms with Crippen molar-refractivity contribution in [2.24, 2.45) is 0 Å². The molecule has 2 aromatic heterocycles. The number of benzene rings is 8. The molecule has 11 rings (SSSR count). The molecule has 2 heterocycles. The highest BCUT2D eigenvalue weighted by Gasteiger charge is 2.29. The van der Waals surface area contributed by atoms with Gasteiger partial charge in [0, 0.05) is 38.8 Å². The van der Waals surface area contributed by atoms with Gasteiger partial charge in [0.1, 0.15) is 0 Å². The van der Waals surface area contributed by atoms with E-state index in [-0.39, 0.29) is 5.92 Å². The van der Waals surface area contributed by atoms with E-state index in [9.17, 15) is 0 Å². The van der Waals surface area contributed by atoms with Crippen molar-refractivity contribution >= 4 is 54.4 Å². The summed E-state index contributed by atoms with van der Waals surface area (Å²) in [4.78, 5) is 0. The summed E-state index contributed by atoms with van der Waals surface area (Å²) in [6, 6.07) is 64.9. The zero-order chi connectivity index (χ0) is 32.1. The topological polar surface area (TPSA) is 9.86 Å². The van der Waals surface area contributed by atoms with Gasteiger partial charge in [0.05, 0.1) is 22.1 Å². The maximum atomic E-state index is 2.48. The van der Waals surface area contributed by atoms with E-state index < -0.39 is 0 Å². The van der Waals surface area contributed by atoms with Crippen molar-refractivity contribution in [3.05, 3.63) is 193 Å². The van der Waals surface area contributed by atoms with Crippen LogP contribution in [0.25, 0.3) is 76.9 Å². The number of nitrogens with zero attached hydrogens (tertiary/aromatic N) is 2. The molecule has 2 heteroatoms. The number of fused-ring (bicyclic) bond motifs is 11. The Hall–Kier alpha value is -6.38. The molecule has 0 radical (unpaired) electrons. The first-order valence-electron chi connectivity index (χ1n) is 17.1. The molecular formula is C47H30N2. The third-order valence-electron chi connectivity index (χ3n) is 10.8. The number of aromatic nitrogens is 2. The zero-order valence-electron chi connectivity index (χ0n) is 26.7. The summed E-state index contributed by atoms with van der Waals surface area (Å²) < 4.78 is 4.92. The molecule has 0 atom stereocenters. The van der Waals surface area contributed by atoms with E-state index in [1.165, 1.54) is 93.6 Å². The summed E-state index contributed by atoms with van der Waals surface area (Å²) in [6.07, 6.45) is 0. The number of hydrogen-bond acceptors (Lipinski definition) is 0. The van der Waals surface area contributed by atoms with Crippen LogP contribution >= 0.6 is 0 Å². The molecule has 0 saturated carbocycles. The molecule has 10 aromatic rings. The van der Waals surface area contributed by atoms with Gasteiger partial charge in [-0.1, -0.05) is 127 Å². The molecular weight excluding hydrogens is 593 g/mol. The second-order valence-electron chi connectivity index (χ2n) is 13.3. The predicted molar refractivity (Wildman–Crippen MR) is 205 cm³/mol. The van der Waals surface area contributed by atoms with Crippen molar-refractivity contribution in [3.8, 4) is 22.5 Å². The van der Waals surface area contributed by atoms with Crippen LogP contribution in [0.15, 0.2) is 176 Å². The Morgan fingerprint density at radius 1 is 0.347 bits per heavy atom. The summed E-state index contributed by atoms with van der Waals surface area (Å²) in [6.45, 7) is 0. The van der Waals surface area contributed by atoms with Gasteiger partial charge in [0.15, 0.2) is 0 Å². The Balaban J connectivity index is 1.22. The fraction of sp³-hybridized carbons (Fsp3) is 0.0213. The average Bonchev–Trinajstić information content (AvgIpc) is 3.80. The summed E-state index contributed by atoms with van der Waals surface area (Å²) in [5, 5.41) is 7.66. The highest BCUT2D eigenvalue weighted by Crippen LogP contribution is 2.48. The molecule has 1 aliphatic carbocycles. The van der Waals surface area contributed by atoms with E-state index in [1.807, 2.05) is 0 Å². The normalized spacial score (nSPS) is 12.8.